The van der Waals surface area contributed by atoms with E-state index in [9.17, 15) is 0 Å². The molecule has 0 spiro atoms. The highest BCUT2D eigenvalue weighted by molar-refractivity contribution is 7.09. The van der Waals surface area contributed by atoms with Crippen LogP contribution in [0.15, 0.2) is 11.7 Å². The summed E-state index contributed by atoms with van der Waals surface area (Å²) in [7, 11) is 0. The molecule has 2 nitrogen and oxygen atoms in total. The molecule has 1 aromatic heterocycles. The topological polar surface area (TPSA) is 24.9 Å². The lowest BCUT2D eigenvalue weighted by Crippen LogP contribution is -2.25. The van der Waals surface area contributed by atoms with E-state index in [2.05, 4.69) is 23.4 Å². The Hall–Kier alpha value is -0.410. The van der Waals surface area contributed by atoms with Gasteiger partial charge in [-0.3, -0.25) is 4.98 Å². The number of nitrogens with one attached hydrogen (secondary N) is 1. The molecule has 100 valence electrons. The molecule has 18 heavy (non-hydrogen) atoms. The first kappa shape index (κ1) is 12.6. The van der Waals surface area contributed by atoms with Crippen molar-refractivity contribution in [1.29, 1.82) is 0 Å². The summed E-state index contributed by atoms with van der Waals surface area (Å²) in [6.07, 6.45) is 10.6. The smallest absolute Gasteiger partial charge is 0.0794 e. The van der Waals surface area contributed by atoms with E-state index in [0.29, 0.717) is 6.04 Å². The quantitative estimate of drug-likeness (QED) is 0.839. The summed E-state index contributed by atoms with van der Waals surface area (Å²) in [5.41, 5.74) is 1.97. The van der Waals surface area contributed by atoms with Gasteiger partial charge in [-0.2, -0.15) is 0 Å². The molecule has 0 saturated heterocycles. The molecule has 0 aromatic carbocycles. The van der Waals surface area contributed by atoms with Crippen LogP contribution in [0.3, 0.4) is 0 Å². The molecule has 0 amide bonds. The van der Waals surface area contributed by atoms with Gasteiger partial charge in [0, 0.05) is 17.1 Å². The van der Waals surface area contributed by atoms with E-state index in [0.717, 1.165) is 24.3 Å². The van der Waals surface area contributed by atoms with E-state index >= 15 is 0 Å². The Labute approximate surface area is 114 Å². The number of nitrogens with zero attached hydrogens (tertiary/aromatic N) is 1. The molecule has 1 aromatic rings. The van der Waals surface area contributed by atoms with Crippen molar-refractivity contribution in [2.75, 3.05) is 6.54 Å². The first-order chi connectivity index (χ1) is 8.86. The van der Waals surface area contributed by atoms with Gasteiger partial charge in [0.2, 0.25) is 0 Å². The van der Waals surface area contributed by atoms with Gasteiger partial charge >= 0.3 is 0 Å². The van der Waals surface area contributed by atoms with Gasteiger partial charge in [0.15, 0.2) is 0 Å². The fraction of sp³-hybridized carbons (Fsp3) is 0.800. The maximum Gasteiger partial charge on any atom is 0.0794 e. The van der Waals surface area contributed by atoms with Crippen LogP contribution < -0.4 is 5.32 Å². The third kappa shape index (κ3) is 2.62. The zero-order valence-electron chi connectivity index (χ0n) is 11.3. The molecule has 4 unspecified atom stereocenters. The molecule has 3 heteroatoms. The second-order valence-electron chi connectivity index (χ2n) is 6.08. The maximum absolute atomic E-state index is 4.25. The lowest BCUT2D eigenvalue weighted by Gasteiger charge is -2.26. The Bertz CT molecular complexity index is 363. The number of hydrogen-bond donors (Lipinski definition) is 1. The Morgan fingerprint density at radius 1 is 1.44 bits per heavy atom. The summed E-state index contributed by atoms with van der Waals surface area (Å²) in [4.78, 5) is 5.69. The Kier molecular flexibility index (Phi) is 4.00. The van der Waals surface area contributed by atoms with Crippen LogP contribution >= 0.6 is 11.3 Å². The van der Waals surface area contributed by atoms with E-state index < -0.39 is 0 Å². The predicted octanol–water partition coefficient (Wildman–Crippen LogP) is 4.01. The molecule has 0 aliphatic heterocycles. The van der Waals surface area contributed by atoms with E-state index in [1.165, 1.54) is 43.4 Å². The van der Waals surface area contributed by atoms with E-state index in [-0.39, 0.29) is 0 Å². The monoisotopic (exact) mass is 264 g/mol. The first-order valence-electron chi connectivity index (χ1n) is 7.48. The Morgan fingerprint density at radius 3 is 3.00 bits per heavy atom. The summed E-state index contributed by atoms with van der Waals surface area (Å²) in [6, 6.07) is 0.557. The van der Waals surface area contributed by atoms with Crippen LogP contribution in [-0.2, 0) is 0 Å². The molecule has 2 aliphatic carbocycles. The van der Waals surface area contributed by atoms with Crippen molar-refractivity contribution in [3.63, 3.8) is 0 Å². The number of aromatic nitrogens is 1. The number of thiazole rings is 1. The maximum atomic E-state index is 4.25. The Morgan fingerprint density at radius 2 is 2.39 bits per heavy atom. The summed E-state index contributed by atoms with van der Waals surface area (Å²) >= 11 is 1.81. The van der Waals surface area contributed by atoms with Gasteiger partial charge in [-0.05, 0) is 56.4 Å². The number of rotatable bonds is 6. The van der Waals surface area contributed by atoms with Crippen molar-refractivity contribution in [1.82, 2.24) is 10.3 Å². The van der Waals surface area contributed by atoms with Gasteiger partial charge in [-0.15, -0.1) is 11.3 Å². The number of hydrogen-bond acceptors (Lipinski definition) is 3. The molecule has 1 heterocycles. The van der Waals surface area contributed by atoms with E-state index in [1.54, 1.807) is 0 Å². The van der Waals surface area contributed by atoms with Crippen LogP contribution in [0, 0.1) is 17.8 Å². The normalized spacial score (nSPS) is 31.9. The molecule has 2 bridgehead atoms. The molecular formula is C15H24N2S. The van der Waals surface area contributed by atoms with Gasteiger partial charge in [0.25, 0.3) is 0 Å². The predicted molar refractivity (Wildman–Crippen MR) is 76.7 cm³/mol. The van der Waals surface area contributed by atoms with E-state index in [1.807, 2.05) is 16.8 Å². The van der Waals surface area contributed by atoms with Crippen molar-refractivity contribution in [2.45, 2.75) is 51.5 Å². The highest BCUT2D eigenvalue weighted by atomic mass is 32.1. The SMILES string of the molecule is CCCNC(CC1CC2CCC1C2)c1cncs1. The number of fused-ring (bicyclic) bond motifs is 2. The molecular weight excluding hydrogens is 240 g/mol. The molecule has 4 atom stereocenters. The largest absolute Gasteiger partial charge is 0.309 e. The second-order valence-corrected chi connectivity index (χ2v) is 7.00. The van der Waals surface area contributed by atoms with Gasteiger partial charge in [0.1, 0.15) is 0 Å². The zero-order chi connectivity index (χ0) is 12.4. The van der Waals surface area contributed by atoms with Crippen molar-refractivity contribution < 1.29 is 0 Å². The molecule has 2 saturated carbocycles. The van der Waals surface area contributed by atoms with Crippen molar-refractivity contribution >= 4 is 11.3 Å². The van der Waals surface area contributed by atoms with Gasteiger partial charge < -0.3 is 5.32 Å². The van der Waals surface area contributed by atoms with Crippen LogP contribution in [0.5, 0.6) is 0 Å². The van der Waals surface area contributed by atoms with Crippen molar-refractivity contribution in [2.24, 2.45) is 17.8 Å². The first-order valence-corrected chi connectivity index (χ1v) is 8.36. The fourth-order valence-electron chi connectivity index (χ4n) is 3.98. The average molecular weight is 264 g/mol. The van der Waals surface area contributed by atoms with Crippen LogP contribution in [-0.4, -0.2) is 11.5 Å². The minimum absolute atomic E-state index is 0.557. The highest BCUT2D eigenvalue weighted by Crippen LogP contribution is 2.51. The Balaban J connectivity index is 1.62. The average Bonchev–Trinajstić information content (AvgIpc) is 3.09. The summed E-state index contributed by atoms with van der Waals surface area (Å²) in [5.74, 6) is 3.07. The molecule has 1 N–H and O–H groups in total. The highest BCUT2D eigenvalue weighted by Gasteiger charge is 2.40. The molecule has 2 fully saturated rings. The third-order valence-electron chi connectivity index (χ3n) is 4.86. The minimum Gasteiger partial charge on any atom is -0.309 e. The lowest BCUT2D eigenvalue weighted by atomic mass is 9.84. The summed E-state index contributed by atoms with van der Waals surface area (Å²) in [6.45, 7) is 3.37. The third-order valence-corrected chi connectivity index (χ3v) is 5.75. The lowest BCUT2D eigenvalue weighted by molar-refractivity contribution is 0.280. The van der Waals surface area contributed by atoms with Crippen LogP contribution in [0.4, 0.5) is 0 Å². The zero-order valence-corrected chi connectivity index (χ0v) is 12.1. The van der Waals surface area contributed by atoms with Crippen molar-refractivity contribution in [3.05, 3.63) is 16.6 Å². The summed E-state index contributed by atoms with van der Waals surface area (Å²) < 4.78 is 0. The van der Waals surface area contributed by atoms with Crippen molar-refractivity contribution in [3.8, 4) is 0 Å². The molecule has 3 rings (SSSR count). The second kappa shape index (κ2) is 5.70. The minimum atomic E-state index is 0.557. The van der Waals surface area contributed by atoms with Crippen LogP contribution in [0.1, 0.15) is 56.4 Å². The fourth-order valence-corrected chi connectivity index (χ4v) is 4.69. The van der Waals surface area contributed by atoms with Crippen LogP contribution in [0.2, 0.25) is 0 Å². The van der Waals surface area contributed by atoms with Gasteiger partial charge in [-0.1, -0.05) is 13.3 Å². The standard InChI is InChI=1S/C15H24N2S/c1-2-5-17-14(15-9-16-10-18-15)8-13-7-11-3-4-12(13)6-11/h9-14,17H,2-8H2,1H3. The molecule has 0 radical (unpaired) electrons. The van der Waals surface area contributed by atoms with Gasteiger partial charge in [0.05, 0.1) is 5.51 Å². The van der Waals surface area contributed by atoms with Gasteiger partial charge in [-0.25, -0.2) is 0 Å². The van der Waals surface area contributed by atoms with Crippen LogP contribution in [0.25, 0.3) is 0 Å². The molecule has 2 aliphatic rings. The van der Waals surface area contributed by atoms with E-state index in [4.69, 9.17) is 0 Å². The summed E-state index contributed by atoms with van der Waals surface area (Å²) in [5, 5.41) is 3.73.